The molecule has 2 rings (SSSR count). The Morgan fingerprint density at radius 3 is 2.43 bits per heavy atom. The van der Waals surface area contributed by atoms with E-state index < -0.39 is 0 Å². The van der Waals surface area contributed by atoms with Crippen LogP contribution in [0.5, 0.6) is 0 Å². The third-order valence-electron chi connectivity index (χ3n) is 4.03. The maximum absolute atomic E-state index is 14.0. The summed E-state index contributed by atoms with van der Waals surface area (Å²) < 4.78 is 14.8. The summed E-state index contributed by atoms with van der Waals surface area (Å²) in [6.07, 6.45) is 0.525. The van der Waals surface area contributed by atoms with E-state index in [1.54, 1.807) is 6.07 Å². The molecule has 2 aromatic carbocycles. The molecule has 1 atom stereocenters. The molecule has 4 heteroatoms. The standard InChI is InChI=1S/C17H20BrFN2/c1-17(2,13-6-4-3-5-7-13)16(21-20)10-12-8-9-14(18)11-15(12)19/h3-9,11,16,21H,10,20H2,1-2H3. The third-order valence-corrected chi connectivity index (χ3v) is 4.52. The molecule has 0 saturated heterocycles. The normalized spacial score (nSPS) is 13.2. The first-order valence-electron chi connectivity index (χ1n) is 6.90. The number of hydrogen-bond acceptors (Lipinski definition) is 2. The van der Waals surface area contributed by atoms with E-state index >= 15 is 0 Å². The maximum Gasteiger partial charge on any atom is 0.127 e. The van der Waals surface area contributed by atoms with Crippen LogP contribution in [0, 0.1) is 5.82 Å². The van der Waals surface area contributed by atoms with Gasteiger partial charge in [-0.05, 0) is 29.7 Å². The van der Waals surface area contributed by atoms with Crippen LogP contribution >= 0.6 is 15.9 Å². The van der Waals surface area contributed by atoms with E-state index in [0.29, 0.717) is 12.0 Å². The van der Waals surface area contributed by atoms with Gasteiger partial charge in [-0.15, -0.1) is 0 Å². The van der Waals surface area contributed by atoms with Gasteiger partial charge in [-0.2, -0.15) is 0 Å². The van der Waals surface area contributed by atoms with Crippen molar-refractivity contribution in [2.24, 2.45) is 5.84 Å². The Morgan fingerprint density at radius 2 is 1.86 bits per heavy atom. The SMILES string of the molecule is CC(C)(c1ccccc1)C(Cc1ccc(Br)cc1F)NN. The molecule has 2 aromatic rings. The van der Waals surface area contributed by atoms with Crippen LogP contribution in [0.3, 0.4) is 0 Å². The number of hydrazine groups is 1. The maximum atomic E-state index is 14.0. The van der Waals surface area contributed by atoms with Crippen molar-refractivity contribution >= 4 is 15.9 Å². The first-order chi connectivity index (χ1) is 9.95. The molecule has 0 amide bonds. The summed E-state index contributed by atoms with van der Waals surface area (Å²) in [5.41, 5.74) is 4.47. The molecule has 0 bridgehead atoms. The van der Waals surface area contributed by atoms with Gasteiger partial charge in [-0.3, -0.25) is 11.3 Å². The molecule has 2 nitrogen and oxygen atoms in total. The van der Waals surface area contributed by atoms with Crippen molar-refractivity contribution < 1.29 is 4.39 Å². The first-order valence-corrected chi connectivity index (χ1v) is 7.70. The van der Waals surface area contributed by atoms with E-state index in [1.165, 1.54) is 11.6 Å². The fourth-order valence-corrected chi connectivity index (χ4v) is 2.83. The molecule has 3 N–H and O–H groups in total. The second-order valence-corrected chi connectivity index (χ2v) is 6.66. The zero-order valence-corrected chi connectivity index (χ0v) is 13.8. The van der Waals surface area contributed by atoms with Crippen LogP contribution < -0.4 is 11.3 Å². The van der Waals surface area contributed by atoms with Gasteiger partial charge in [-0.25, -0.2) is 4.39 Å². The summed E-state index contributed by atoms with van der Waals surface area (Å²) in [6.45, 7) is 4.23. The smallest absolute Gasteiger partial charge is 0.127 e. The number of rotatable bonds is 5. The molecular formula is C17H20BrFN2. The average Bonchev–Trinajstić information content (AvgIpc) is 2.47. The Bertz CT molecular complexity index is 599. The van der Waals surface area contributed by atoms with E-state index in [9.17, 15) is 4.39 Å². The largest absolute Gasteiger partial charge is 0.271 e. The minimum atomic E-state index is -0.214. The molecule has 112 valence electrons. The van der Waals surface area contributed by atoms with Gasteiger partial charge in [0.2, 0.25) is 0 Å². The highest BCUT2D eigenvalue weighted by atomic mass is 79.9. The van der Waals surface area contributed by atoms with Crippen molar-refractivity contribution in [2.75, 3.05) is 0 Å². The van der Waals surface area contributed by atoms with Gasteiger partial charge in [-0.1, -0.05) is 66.2 Å². The second-order valence-electron chi connectivity index (χ2n) is 5.75. The molecule has 0 fully saturated rings. The van der Waals surface area contributed by atoms with E-state index in [1.807, 2.05) is 24.3 Å². The minimum absolute atomic E-state index is 0.0735. The van der Waals surface area contributed by atoms with Gasteiger partial charge in [0.15, 0.2) is 0 Å². The Hall–Kier alpha value is -1.23. The predicted molar refractivity (Wildman–Crippen MR) is 88.4 cm³/mol. The van der Waals surface area contributed by atoms with Crippen LogP contribution in [0.2, 0.25) is 0 Å². The number of hydrogen-bond donors (Lipinski definition) is 2. The van der Waals surface area contributed by atoms with Crippen molar-refractivity contribution in [3.63, 3.8) is 0 Å². The van der Waals surface area contributed by atoms with Gasteiger partial charge in [0.05, 0.1) is 0 Å². The highest BCUT2D eigenvalue weighted by molar-refractivity contribution is 9.10. The number of halogens is 2. The molecular weight excluding hydrogens is 331 g/mol. The Labute approximate surface area is 133 Å². The Morgan fingerprint density at radius 1 is 1.19 bits per heavy atom. The topological polar surface area (TPSA) is 38.0 Å². The molecule has 0 spiro atoms. The molecule has 1 unspecified atom stereocenters. The molecule has 0 heterocycles. The van der Waals surface area contributed by atoms with Crippen molar-refractivity contribution in [1.29, 1.82) is 0 Å². The van der Waals surface area contributed by atoms with Crippen LogP contribution in [0.1, 0.15) is 25.0 Å². The Balaban J connectivity index is 2.27. The molecule has 0 aromatic heterocycles. The fraction of sp³-hybridized carbons (Fsp3) is 0.294. The van der Waals surface area contributed by atoms with E-state index in [-0.39, 0.29) is 17.3 Å². The summed E-state index contributed by atoms with van der Waals surface area (Å²) >= 11 is 3.28. The highest BCUT2D eigenvalue weighted by Crippen LogP contribution is 2.29. The van der Waals surface area contributed by atoms with Crippen LogP contribution in [-0.2, 0) is 11.8 Å². The summed E-state index contributed by atoms with van der Waals surface area (Å²) in [5, 5.41) is 0. The van der Waals surface area contributed by atoms with Crippen LogP contribution in [0.25, 0.3) is 0 Å². The van der Waals surface area contributed by atoms with Gasteiger partial charge in [0.1, 0.15) is 5.82 Å². The lowest BCUT2D eigenvalue weighted by atomic mass is 9.75. The Kier molecular flexibility index (Phi) is 5.14. The third kappa shape index (κ3) is 3.70. The predicted octanol–water partition coefficient (Wildman–Crippen LogP) is 3.94. The molecule has 21 heavy (non-hydrogen) atoms. The summed E-state index contributed by atoms with van der Waals surface area (Å²) in [6, 6.07) is 15.2. The van der Waals surface area contributed by atoms with Crippen molar-refractivity contribution in [3.8, 4) is 0 Å². The van der Waals surface area contributed by atoms with Crippen LogP contribution in [0.15, 0.2) is 53.0 Å². The lowest BCUT2D eigenvalue weighted by Crippen LogP contribution is -2.49. The molecule has 0 aliphatic carbocycles. The monoisotopic (exact) mass is 350 g/mol. The fourth-order valence-electron chi connectivity index (χ4n) is 2.50. The zero-order valence-electron chi connectivity index (χ0n) is 12.2. The van der Waals surface area contributed by atoms with Crippen molar-refractivity contribution in [1.82, 2.24) is 5.43 Å². The number of nitrogens with two attached hydrogens (primary N) is 1. The van der Waals surface area contributed by atoms with Crippen LogP contribution in [0.4, 0.5) is 4.39 Å². The highest BCUT2D eigenvalue weighted by Gasteiger charge is 2.31. The summed E-state index contributed by atoms with van der Waals surface area (Å²) in [7, 11) is 0. The molecule has 0 aliphatic heterocycles. The number of nitrogens with one attached hydrogen (secondary N) is 1. The van der Waals surface area contributed by atoms with Gasteiger partial charge in [0.25, 0.3) is 0 Å². The van der Waals surface area contributed by atoms with E-state index in [2.05, 4.69) is 47.3 Å². The zero-order chi connectivity index (χ0) is 15.5. The average molecular weight is 351 g/mol. The lowest BCUT2D eigenvalue weighted by Gasteiger charge is -2.34. The quantitative estimate of drug-likeness (QED) is 0.633. The van der Waals surface area contributed by atoms with Crippen LogP contribution in [-0.4, -0.2) is 6.04 Å². The van der Waals surface area contributed by atoms with Gasteiger partial charge in [0, 0.05) is 15.9 Å². The minimum Gasteiger partial charge on any atom is -0.271 e. The lowest BCUT2D eigenvalue weighted by molar-refractivity contribution is 0.338. The van der Waals surface area contributed by atoms with Gasteiger partial charge < -0.3 is 0 Å². The molecule has 0 radical (unpaired) electrons. The summed E-state index contributed by atoms with van der Waals surface area (Å²) in [4.78, 5) is 0. The first kappa shape index (κ1) is 16.1. The molecule has 0 aliphatic rings. The number of benzene rings is 2. The summed E-state index contributed by atoms with van der Waals surface area (Å²) in [5.74, 6) is 5.53. The van der Waals surface area contributed by atoms with E-state index in [0.717, 1.165) is 4.47 Å². The van der Waals surface area contributed by atoms with Crippen molar-refractivity contribution in [3.05, 3.63) is 69.9 Å². The second kappa shape index (κ2) is 6.69. The van der Waals surface area contributed by atoms with Gasteiger partial charge >= 0.3 is 0 Å². The van der Waals surface area contributed by atoms with Crippen molar-refractivity contribution in [2.45, 2.75) is 31.7 Å². The molecule has 0 saturated carbocycles. The van der Waals surface area contributed by atoms with E-state index in [4.69, 9.17) is 5.84 Å².